The smallest absolute Gasteiger partial charge is 0.125 e. The van der Waals surface area contributed by atoms with Crippen LogP contribution in [0, 0.1) is 5.92 Å². The van der Waals surface area contributed by atoms with E-state index in [-0.39, 0.29) is 0 Å². The summed E-state index contributed by atoms with van der Waals surface area (Å²) in [6, 6.07) is 4.92. The molecule has 1 heterocycles. The Hall–Kier alpha value is -0.540. The molecule has 1 aliphatic heterocycles. The first-order chi connectivity index (χ1) is 9.15. The maximum absolute atomic E-state index is 5.82. The van der Waals surface area contributed by atoms with Gasteiger partial charge in [0.25, 0.3) is 0 Å². The Balaban J connectivity index is 2.18. The molecule has 2 nitrogen and oxygen atoms in total. The summed E-state index contributed by atoms with van der Waals surface area (Å²) in [4.78, 5) is 0. The monoisotopic (exact) mass is 325 g/mol. The zero-order valence-electron chi connectivity index (χ0n) is 12.1. The van der Waals surface area contributed by atoms with Gasteiger partial charge in [0.2, 0.25) is 0 Å². The third-order valence-corrected chi connectivity index (χ3v) is 4.52. The highest BCUT2D eigenvalue weighted by molar-refractivity contribution is 9.10. The molecule has 19 heavy (non-hydrogen) atoms. The van der Waals surface area contributed by atoms with Gasteiger partial charge in [0.05, 0.1) is 6.61 Å². The SMILES string of the molecule is CCCC(C)C(Cc1cc(Br)cc2c1OCC2)NC. The standard InChI is InChI=1S/C16H24BrNO/c1-4-5-11(2)15(18-3)10-13-9-14(17)8-12-6-7-19-16(12)13/h8-9,11,15,18H,4-7,10H2,1-3H3. The predicted molar refractivity (Wildman–Crippen MR) is 84.0 cm³/mol. The van der Waals surface area contributed by atoms with Crippen molar-refractivity contribution in [2.45, 2.75) is 45.6 Å². The maximum atomic E-state index is 5.82. The number of hydrogen-bond donors (Lipinski definition) is 1. The van der Waals surface area contributed by atoms with Crippen LogP contribution in [0.4, 0.5) is 0 Å². The number of rotatable bonds is 6. The highest BCUT2D eigenvalue weighted by Gasteiger charge is 2.22. The highest BCUT2D eigenvalue weighted by Crippen LogP contribution is 2.34. The Morgan fingerprint density at radius 2 is 2.21 bits per heavy atom. The van der Waals surface area contributed by atoms with E-state index in [0.29, 0.717) is 12.0 Å². The molecule has 2 rings (SSSR count). The van der Waals surface area contributed by atoms with Crippen LogP contribution in [0.15, 0.2) is 16.6 Å². The van der Waals surface area contributed by atoms with Crippen LogP contribution >= 0.6 is 15.9 Å². The molecule has 0 saturated carbocycles. The lowest BCUT2D eigenvalue weighted by molar-refractivity contribution is 0.341. The van der Waals surface area contributed by atoms with Crippen LogP contribution in [0.25, 0.3) is 0 Å². The van der Waals surface area contributed by atoms with E-state index < -0.39 is 0 Å². The van der Waals surface area contributed by atoms with Gasteiger partial charge in [-0.1, -0.05) is 36.2 Å². The first kappa shape index (κ1) is 14.9. The topological polar surface area (TPSA) is 21.3 Å². The van der Waals surface area contributed by atoms with Crippen molar-refractivity contribution >= 4 is 15.9 Å². The zero-order chi connectivity index (χ0) is 13.8. The van der Waals surface area contributed by atoms with Crippen LogP contribution in [-0.4, -0.2) is 19.7 Å². The molecule has 3 heteroatoms. The number of nitrogens with one attached hydrogen (secondary N) is 1. The van der Waals surface area contributed by atoms with Crippen molar-refractivity contribution in [2.75, 3.05) is 13.7 Å². The molecular formula is C16H24BrNO. The quantitative estimate of drug-likeness (QED) is 0.855. The summed E-state index contributed by atoms with van der Waals surface area (Å²) in [7, 11) is 2.07. The summed E-state index contributed by atoms with van der Waals surface area (Å²) in [5.74, 6) is 1.82. The molecule has 0 spiro atoms. The molecule has 0 fully saturated rings. The Labute approximate surface area is 125 Å². The van der Waals surface area contributed by atoms with Gasteiger partial charge in [0.1, 0.15) is 5.75 Å². The summed E-state index contributed by atoms with van der Waals surface area (Å²) in [5.41, 5.74) is 2.69. The fourth-order valence-corrected chi connectivity index (χ4v) is 3.53. The fourth-order valence-electron chi connectivity index (χ4n) is 2.98. The Kier molecular flexibility index (Phi) is 5.28. The number of ether oxygens (including phenoxy) is 1. The van der Waals surface area contributed by atoms with E-state index in [1.165, 1.54) is 28.4 Å². The summed E-state index contributed by atoms with van der Waals surface area (Å²) in [5, 5.41) is 3.47. The van der Waals surface area contributed by atoms with Crippen molar-refractivity contribution in [1.29, 1.82) is 0 Å². The molecule has 2 atom stereocenters. The van der Waals surface area contributed by atoms with Gasteiger partial charge in [-0.2, -0.15) is 0 Å². The van der Waals surface area contributed by atoms with Gasteiger partial charge in [-0.25, -0.2) is 0 Å². The lowest BCUT2D eigenvalue weighted by atomic mass is 9.91. The Bertz CT molecular complexity index is 433. The molecular weight excluding hydrogens is 302 g/mol. The molecule has 1 aromatic rings. The predicted octanol–water partition coefficient (Wildman–Crippen LogP) is 3.95. The van der Waals surface area contributed by atoms with Crippen molar-refractivity contribution in [3.63, 3.8) is 0 Å². The lowest BCUT2D eigenvalue weighted by Gasteiger charge is -2.24. The minimum absolute atomic E-state index is 0.516. The summed E-state index contributed by atoms with van der Waals surface area (Å²) in [6.07, 6.45) is 4.59. The molecule has 0 radical (unpaired) electrons. The highest BCUT2D eigenvalue weighted by atomic mass is 79.9. The summed E-state index contributed by atoms with van der Waals surface area (Å²) >= 11 is 3.62. The minimum atomic E-state index is 0.516. The van der Waals surface area contributed by atoms with Crippen molar-refractivity contribution in [1.82, 2.24) is 5.32 Å². The van der Waals surface area contributed by atoms with Gasteiger partial charge in [0.15, 0.2) is 0 Å². The van der Waals surface area contributed by atoms with E-state index >= 15 is 0 Å². The molecule has 0 aliphatic carbocycles. The van der Waals surface area contributed by atoms with E-state index in [0.717, 1.165) is 25.2 Å². The normalized spacial score (nSPS) is 16.8. The second-order valence-corrected chi connectivity index (χ2v) is 6.43. The number of hydrogen-bond acceptors (Lipinski definition) is 2. The molecule has 1 aromatic carbocycles. The lowest BCUT2D eigenvalue weighted by Crippen LogP contribution is -2.34. The largest absolute Gasteiger partial charge is 0.493 e. The average Bonchev–Trinajstić information content (AvgIpc) is 2.83. The van der Waals surface area contributed by atoms with Crippen molar-refractivity contribution in [2.24, 2.45) is 5.92 Å². The second-order valence-electron chi connectivity index (χ2n) is 5.52. The third kappa shape index (κ3) is 3.51. The molecule has 106 valence electrons. The third-order valence-electron chi connectivity index (χ3n) is 4.07. The van der Waals surface area contributed by atoms with E-state index in [1.54, 1.807) is 0 Å². The first-order valence-electron chi connectivity index (χ1n) is 7.27. The van der Waals surface area contributed by atoms with E-state index in [4.69, 9.17) is 4.74 Å². The Morgan fingerprint density at radius 3 is 2.89 bits per heavy atom. The average molecular weight is 326 g/mol. The van der Waals surface area contributed by atoms with Crippen molar-refractivity contribution < 1.29 is 4.74 Å². The number of benzene rings is 1. The second kappa shape index (κ2) is 6.76. The molecule has 0 aromatic heterocycles. The van der Waals surface area contributed by atoms with Gasteiger partial charge in [0, 0.05) is 16.9 Å². The fraction of sp³-hybridized carbons (Fsp3) is 0.625. The molecule has 1 aliphatic rings. The van der Waals surface area contributed by atoms with Gasteiger partial charge < -0.3 is 10.1 Å². The van der Waals surface area contributed by atoms with Crippen LogP contribution in [0.5, 0.6) is 5.75 Å². The van der Waals surface area contributed by atoms with Gasteiger partial charge in [-0.3, -0.25) is 0 Å². The van der Waals surface area contributed by atoms with Crippen LogP contribution in [0.1, 0.15) is 37.8 Å². The van der Waals surface area contributed by atoms with Gasteiger partial charge in [-0.15, -0.1) is 0 Å². The first-order valence-corrected chi connectivity index (χ1v) is 8.06. The van der Waals surface area contributed by atoms with Crippen LogP contribution < -0.4 is 10.1 Å². The van der Waals surface area contributed by atoms with Gasteiger partial charge in [-0.05, 0) is 49.1 Å². The van der Waals surface area contributed by atoms with Crippen LogP contribution in [0.2, 0.25) is 0 Å². The number of likely N-dealkylation sites (N-methyl/N-ethyl adjacent to an activating group) is 1. The van der Waals surface area contributed by atoms with E-state index in [1.807, 2.05) is 0 Å². The number of halogens is 1. The maximum Gasteiger partial charge on any atom is 0.125 e. The zero-order valence-corrected chi connectivity index (χ0v) is 13.7. The van der Waals surface area contributed by atoms with E-state index in [2.05, 4.69) is 54.3 Å². The molecule has 2 unspecified atom stereocenters. The van der Waals surface area contributed by atoms with Crippen molar-refractivity contribution in [3.05, 3.63) is 27.7 Å². The van der Waals surface area contributed by atoms with E-state index in [9.17, 15) is 0 Å². The van der Waals surface area contributed by atoms with Crippen molar-refractivity contribution in [3.8, 4) is 5.75 Å². The van der Waals surface area contributed by atoms with Crippen LogP contribution in [0.3, 0.4) is 0 Å². The minimum Gasteiger partial charge on any atom is -0.493 e. The summed E-state index contributed by atoms with van der Waals surface area (Å²) in [6.45, 7) is 5.42. The molecule has 0 amide bonds. The molecule has 1 N–H and O–H groups in total. The summed E-state index contributed by atoms with van der Waals surface area (Å²) < 4.78 is 6.99. The molecule has 0 saturated heterocycles. The van der Waals surface area contributed by atoms with Gasteiger partial charge >= 0.3 is 0 Å². The molecule has 0 bridgehead atoms. The Morgan fingerprint density at radius 1 is 1.42 bits per heavy atom. The van der Waals surface area contributed by atoms with Crippen LogP contribution in [-0.2, 0) is 12.8 Å². The number of fused-ring (bicyclic) bond motifs is 1.